The van der Waals surface area contributed by atoms with Gasteiger partial charge in [0.15, 0.2) is 5.78 Å². The van der Waals surface area contributed by atoms with Crippen molar-refractivity contribution in [3.63, 3.8) is 0 Å². The molecule has 2 rings (SSSR count). The maximum absolute atomic E-state index is 11.7. The fraction of sp³-hybridized carbons (Fsp3) is 0.214. The van der Waals surface area contributed by atoms with Gasteiger partial charge in [0.05, 0.1) is 33.7 Å². The summed E-state index contributed by atoms with van der Waals surface area (Å²) in [5.74, 6) is -0.0804. The number of nitrogens with zero attached hydrogens (tertiary/aromatic N) is 3. The zero-order valence-corrected chi connectivity index (χ0v) is 11.6. The van der Waals surface area contributed by atoms with Crippen LogP contribution in [0.1, 0.15) is 34.2 Å². The highest BCUT2D eigenvalue weighted by Gasteiger charge is 2.16. The molecule has 4 nitrogen and oxygen atoms in total. The highest BCUT2D eigenvalue weighted by atomic mass is 35.5. The van der Waals surface area contributed by atoms with Crippen molar-refractivity contribution in [1.82, 2.24) is 9.78 Å². The van der Waals surface area contributed by atoms with Gasteiger partial charge in [-0.05, 0) is 39.0 Å². The number of hydrogen-bond donors (Lipinski definition) is 0. The van der Waals surface area contributed by atoms with E-state index in [-0.39, 0.29) is 5.78 Å². The molecule has 0 aliphatic carbocycles. The summed E-state index contributed by atoms with van der Waals surface area (Å²) >= 11 is 6.12. The lowest BCUT2D eigenvalue weighted by Gasteiger charge is -2.09. The van der Waals surface area contributed by atoms with Crippen LogP contribution in [0.25, 0.3) is 5.69 Å². The molecule has 0 unspecified atom stereocenters. The van der Waals surface area contributed by atoms with Crippen molar-refractivity contribution < 1.29 is 4.79 Å². The number of ketones is 1. The first-order chi connectivity index (χ1) is 8.95. The van der Waals surface area contributed by atoms with Crippen molar-refractivity contribution in [3.8, 4) is 11.8 Å². The van der Waals surface area contributed by atoms with E-state index in [0.717, 1.165) is 5.69 Å². The molecule has 0 saturated heterocycles. The third-order valence-corrected chi connectivity index (χ3v) is 3.48. The molecule has 0 bridgehead atoms. The number of carbonyl (C=O) groups excluding carboxylic acids is 1. The molecule has 0 N–H and O–H groups in total. The number of hydrogen-bond acceptors (Lipinski definition) is 3. The molecule has 0 atom stereocenters. The van der Waals surface area contributed by atoms with Gasteiger partial charge in [-0.25, -0.2) is 4.68 Å². The maximum atomic E-state index is 11.7. The molecule has 0 amide bonds. The molecular formula is C14H12ClN3O. The third kappa shape index (κ3) is 2.25. The number of halogens is 1. The summed E-state index contributed by atoms with van der Waals surface area (Å²) in [5, 5.41) is 13.9. The van der Waals surface area contributed by atoms with Crippen molar-refractivity contribution in [2.24, 2.45) is 0 Å². The zero-order valence-electron chi connectivity index (χ0n) is 10.9. The predicted molar refractivity (Wildman–Crippen MR) is 72.8 cm³/mol. The summed E-state index contributed by atoms with van der Waals surface area (Å²) in [6, 6.07) is 6.96. The predicted octanol–water partition coefficient (Wildman–Crippen LogP) is 3.22. The lowest BCUT2D eigenvalue weighted by molar-refractivity contribution is 0.101. The number of carbonyl (C=O) groups is 1. The van der Waals surface area contributed by atoms with Gasteiger partial charge < -0.3 is 0 Å². The van der Waals surface area contributed by atoms with Crippen LogP contribution in [-0.4, -0.2) is 15.6 Å². The van der Waals surface area contributed by atoms with E-state index in [2.05, 4.69) is 11.2 Å². The molecule has 2 aromatic rings. The van der Waals surface area contributed by atoms with E-state index < -0.39 is 0 Å². The standard InChI is InChI=1S/C14H12ClN3O/c1-8-14(15)9(2)18(17-8)13-6-11(7-16)4-5-12(13)10(3)19/h4-6H,1-3H3. The lowest BCUT2D eigenvalue weighted by Crippen LogP contribution is -2.07. The third-order valence-electron chi connectivity index (χ3n) is 2.94. The number of Topliss-reactive ketones (excluding diaryl/α,β-unsaturated/α-hetero) is 1. The minimum absolute atomic E-state index is 0.0804. The summed E-state index contributed by atoms with van der Waals surface area (Å²) in [5.41, 5.74) is 3.01. The second kappa shape index (κ2) is 4.87. The molecule has 0 saturated carbocycles. The zero-order chi connectivity index (χ0) is 14.2. The van der Waals surface area contributed by atoms with Crippen LogP contribution in [0.4, 0.5) is 0 Å². The fourth-order valence-corrected chi connectivity index (χ4v) is 2.05. The topological polar surface area (TPSA) is 58.7 Å². The minimum Gasteiger partial charge on any atom is -0.294 e. The Hall–Kier alpha value is -2.12. The lowest BCUT2D eigenvalue weighted by atomic mass is 10.1. The summed E-state index contributed by atoms with van der Waals surface area (Å²) in [6.07, 6.45) is 0. The van der Waals surface area contributed by atoms with Gasteiger partial charge in [0, 0.05) is 5.56 Å². The molecule has 1 aromatic heterocycles. The average molecular weight is 274 g/mol. The second-order valence-electron chi connectivity index (χ2n) is 4.30. The van der Waals surface area contributed by atoms with Gasteiger partial charge in [-0.3, -0.25) is 4.79 Å². The first-order valence-corrected chi connectivity index (χ1v) is 6.10. The number of aromatic nitrogens is 2. The van der Waals surface area contributed by atoms with Gasteiger partial charge in [-0.1, -0.05) is 11.6 Å². The molecule has 0 radical (unpaired) electrons. The van der Waals surface area contributed by atoms with Crippen LogP contribution in [0.15, 0.2) is 18.2 Å². The molecule has 5 heteroatoms. The Balaban J connectivity index is 2.76. The first-order valence-electron chi connectivity index (χ1n) is 5.73. The van der Waals surface area contributed by atoms with Gasteiger partial charge in [0.2, 0.25) is 0 Å². The van der Waals surface area contributed by atoms with E-state index in [0.29, 0.717) is 27.5 Å². The Bertz CT molecular complexity index is 710. The number of aryl methyl sites for hydroxylation is 1. The molecule has 1 heterocycles. The van der Waals surface area contributed by atoms with Crippen LogP contribution in [0.5, 0.6) is 0 Å². The van der Waals surface area contributed by atoms with Crippen molar-refractivity contribution in [2.45, 2.75) is 20.8 Å². The Morgan fingerprint density at radius 3 is 2.58 bits per heavy atom. The smallest absolute Gasteiger partial charge is 0.161 e. The summed E-state index contributed by atoms with van der Waals surface area (Å²) < 4.78 is 1.61. The van der Waals surface area contributed by atoms with Gasteiger partial charge in [-0.2, -0.15) is 10.4 Å². The minimum atomic E-state index is -0.0804. The highest BCUT2D eigenvalue weighted by Crippen LogP contribution is 2.25. The second-order valence-corrected chi connectivity index (χ2v) is 4.67. The Labute approximate surface area is 116 Å². The fourth-order valence-electron chi connectivity index (χ4n) is 1.93. The summed E-state index contributed by atoms with van der Waals surface area (Å²) in [7, 11) is 0. The van der Waals surface area contributed by atoms with Gasteiger partial charge in [0.25, 0.3) is 0 Å². The van der Waals surface area contributed by atoms with E-state index in [4.69, 9.17) is 16.9 Å². The Morgan fingerprint density at radius 1 is 1.42 bits per heavy atom. The van der Waals surface area contributed by atoms with Crippen molar-refractivity contribution in [1.29, 1.82) is 5.26 Å². The van der Waals surface area contributed by atoms with Crippen LogP contribution in [0.2, 0.25) is 5.02 Å². The van der Waals surface area contributed by atoms with E-state index >= 15 is 0 Å². The van der Waals surface area contributed by atoms with E-state index in [1.807, 2.05) is 6.92 Å². The SMILES string of the molecule is CC(=O)c1ccc(C#N)cc1-n1nc(C)c(Cl)c1C. The van der Waals surface area contributed by atoms with Crippen LogP contribution < -0.4 is 0 Å². The molecule has 96 valence electrons. The van der Waals surface area contributed by atoms with E-state index in [9.17, 15) is 4.79 Å². The summed E-state index contributed by atoms with van der Waals surface area (Å²) in [6.45, 7) is 5.11. The number of nitriles is 1. The molecule has 0 aliphatic rings. The van der Waals surface area contributed by atoms with Gasteiger partial charge in [-0.15, -0.1) is 0 Å². The van der Waals surface area contributed by atoms with E-state index in [1.54, 1.807) is 29.8 Å². The molecule has 0 fully saturated rings. The summed E-state index contributed by atoms with van der Waals surface area (Å²) in [4.78, 5) is 11.7. The average Bonchev–Trinajstić information content (AvgIpc) is 2.65. The van der Waals surface area contributed by atoms with Crippen LogP contribution in [0.3, 0.4) is 0 Å². The first kappa shape index (κ1) is 13.3. The van der Waals surface area contributed by atoms with Crippen LogP contribution in [-0.2, 0) is 0 Å². The van der Waals surface area contributed by atoms with E-state index in [1.165, 1.54) is 6.92 Å². The molecule has 19 heavy (non-hydrogen) atoms. The van der Waals surface area contributed by atoms with Crippen molar-refractivity contribution >= 4 is 17.4 Å². The monoisotopic (exact) mass is 273 g/mol. The van der Waals surface area contributed by atoms with Crippen LogP contribution >= 0.6 is 11.6 Å². The molecule has 1 aromatic carbocycles. The highest BCUT2D eigenvalue weighted by molar-refractivity contribution is 6.31. The van der Waals surface area contributed by atoms with Crippen LogP contribution in [0, 0.1) is 25.2 Å². The van der Waals surface area contributed by atoms with Gasteiger partial charge >= 0.3 is 0 Å². The molecule has 0 aliphatic heterocycles. The maximum Gasteiger partial charge on any atom is 0.161 e. The Morgan fingerprint density at radius 2 is 2.11 bits per heavy atom. The normalized spacial score (nSPS) is 10.3. The van der Waals surface area contributed by atoms with Crippen molar-refractivity contribution in [3.05, 3.63) is 45.7 Å². The molecular weight excluding hydrogens is 262 g/mol. The largest absolute Gasteiger partial charge is 0.294 e. The number of rotatable bonds is 2. The van der Waals surface area contributed by atoms with Crippen molar-refractivity contribution in [2.75, 3.05) is 0 Å². The quantitative estimate of drug-likeness (QED) is 0.790. The number of benzene rings is 1. The molecule has 0 spiro atoms. The Kier molecular flexibility index (Phi) is 3.41. The van der Waals surface area contributed by atoms with Gasteiger partial charge in [0.1, 0.15) is 0 Å².